The molecule has 0 aliphatic rings. The van der Waals surface area contributed by atoms with Crippen molar-refractivity contribution in [3.63, 3.8) is 0 Å². The number of halogens is 1. The Labute approximate surface area is 84.2 Å². The van der Waals surface area contributed by atoms with E-state index in [1.54, 1.807) is 6.07 Å². The number of phenolic OH excluding ortho intramolecular Hbond substituents is 2. The zero-order valence-electron chi connectivity index (χ0n) is 6.60. The Morgan fingerprint density at radius 3 is 2.29 bits per heavy atom. The van der Waals surface area contributed by atoms with Crippen LogP contribution in [0.25, 0.3) is 0 Å². The Hall–Kier alpha value is -1.45. The van der Waals surface area contributed by atoms with Crippen LogP contribution in [0.4, 0.5) is 0 Å². The zero-order valence-corrected chi connectivity index (χ0v) is 8.17. The van der Waals surface area contributed by atoms with Crippen LogP contribution < -0.4 is 0 Å². The van der Waals surface area contributed by atoms with Gasteiger partial charge in [0.1, 0.15) is 22.5 Å². The third-order valence-electron chi connectivity index (χ3n) is 1.46. The molecule has 0 aliphatic carbocycles. The molecule has 1 rings (SSSR count). The first kappa shape index (κ1) is 10.6. The first-order valence-electron chi connectivity index (χ1n) is 3.27. The molecule has 0 spiro atoms. The minimum absolute atomic E-state index is 0.276. The van der Waals surface area contributed by atoms with Crippen LogP contribution in [0.5, 0.6) is 11.5 Å². The summed E-state index contributed by atoms with van der Waals surface area (Å²) < 4.78 is 21.7. The largest absolute Gasteiger partial charge is 0.506 e. The number of benzene rings is 1. The van der Waals surface area contributed by atoms with Gasteiger partial charge < -0.3 is 10.2 Å². The van der Waals surface area contributed by atoms with Crippen LogP contribution in [0.3, 0.4) is 0 Å². The van der Waals surface area contributed by atoms with E-state index in [4.69, 9.17) is 26.2 Å². The quantitative estimate of drug-likeness (QED) is 0.702. The van der Waals surface area contributed by atoms with Crippen molar-refractivity contribution in [3.05, 3.63) is 17.7 Å². The van der Waals surface area contributed by atoms with Gasteiger partial charge in [0.05, 0.1) is 5.56 Å². The van der Waals surface area contributed by atoms with Crippen molar-refractivity contribution in [1.82, 2.24) is 0 Å². The van der Waals surface area contributed by atoms with Gasteiger partial charge in [-0.15, -0.1) is 0 Å². The summed E-state index contributed by atoms with van der Waals surface area (Å²) in [5, 5.41) is 26.6. The van der Waals surface area contributed by atoms with E-state index in [1.165, 1.54) is 0 Å². The zero-order chi connectivity index (χ0) is 10.9. The number of phenols is 2. The van der Waals surface area contributed by atoms with Crippen LogP contribution in [-0.4, -0.2) is 18.6 Å². The second-order valence-electron chi connectivity index (χ2n) is 2.39. The van der Waals surface area contributed by atoms with Gasteiger partial charge in [0.15, 0.2) is 0 Å². The normalized spacial score (nSPS) is 10.9. The standard InChI is InChI=1S/C7H4ClNO4S/c8-14(12,13)7-1-4(3-9)5(10)2-6(7)11/h1-2,10-11H. The molecule has 1 aromatic carbocycles. The van der Waals surface area contributed by atoms with E-state index >= 15 is 0 Å². The number of hydrogen-bond donors (Lipinski definition) is 2. The number of nitriles is 1. The molecule has 14 heavy (non-hydrogen) atoms. The second-order valence-corrected chi connectivity index (χ2v) is 4.92. The predicted molar refractivity (Wildman–Crippen MR) is 47.5 cm³/mol. The van der Waals surface area contributed by atoms with Crippen LogP contribution in [0.2, 0.25) is 0 Å². The molecule has 2 N–H and O–H groups in total. The van der Waals surface area contributed by atoms with Gasteiger partial charge in [0, 0.05) is 16.7 Å². The van der Waals surface area contributed by atoms with Crippen molar-refractivity contribution >= 4 is 19.7 Å². The molecule has 0 atom stereocenters. The molecule has 0 radical (unpaired) electrons. The predicted octanol–water partition coefficient (Wildman–Crippen LogP) is 0.897. The van der Waals surface area contributed by atoms with E-state index < -0.39 is 25.4 Å². The first-order valence-corrected chi connectivity index (χ1v) is 5.58. The Balaban J connectivity index is 3.58. The van der Waals surface area contributed by atoms with Gasteiger partial charge in [-0.25, -0.2) is 8.42 Å². The summed E-state index contributed by atoms with van der Waals surface area (Å²) in [6.07, 6.45) is 0. The average molecular weight is 234 g/mol. The Morgan fingerprint density at radius 1 is 1.29 bits per heavy atom. The number of nitrogens with zero attached hydrogens (tertiary/aromatic N) is 1. The minimum atomic E-state index is -4.12. The lowest BCUT2D eigenvalue weighted by Gasteiger charge is -2.02. The van der Waals surface area contributed by atoms with Crippen LogP contribution in [0.1, 0.15) is 5.56 Å². The maximum absolute atomic E-state index is 10.8. The topological polar surface area (TPSA) is 98.4 Å². The van der Waals surface area contributed by atoms with Gasteiger partial charge >= 0.3 is 0 Å². The molecule has 0 bridgehead atoms. The van der Waals surface area contributed by atoms with Crippen LogP contribution in [0.15, 0.2) is 17.0 Å². The van der Waals surface area contributed by atoms with Crippen LogP contribution in [0, 0.1) is 11.3 Å². The SMILES string of the molecule is N#Cc1cc(S(=O)(=O)Cl)c(O)cc1O. The fraction of sp³-hybridized carbons (Fsp3) is 0. The third kappa shape index (κ3) is 1.89. The van der Waals surface area contributed by atoms with Gasteiger partial charge in [-0.05, 0) is 6.07 Å². The van der Waals surface area contributed by atoms with E-state index in [-0.39, 0.29) is 5.56 Å². The molecule has 0 saturated carbocycles. The van der Waals surface area contributed by atoms with Crippen LogP contribution >= 0.6 is 10.7 Å². The van der Waals surface area contributed by atoms with E-state index in [2.05, 4.69) is 0 Å². The second kappa shape index (κ2) is 3.36. The minimum Gasteiger partial charge on any atom is -0.506 e. The summed E-state index contributed by atoms with van der Waals surface area (Å²) in [6, 6.07) is 3.09. The molecule has 74 valence electrons. The van der Waals surface area contributed by atoms with Gasteiger partial charge in [0.2, 0.25) is 0 Å². The highest BCUT2D eigenvalue weighted by Crippen LogP contribution is 2.31. The average Bonchev–Trinajstić information content (AvgIpc) is 2.02. The van der Waals surface area contributed by atoms with E-state index in [0.717, 1.165) is 12.1 Å². The molecule has 7 heteroatoms. The number of hydrogen-bond acceptors (Lipinski definition) is 5. The van der Waals surface area contributed by atoms with Crippen molar-refractivity contribution in [2.75, 3.05) is 0 Å². The lowest BCUT2D eigenvalue weighted by Crippen LogP contribution is -1.92. The summed E-state index contributed by atoms with van der Waals surface area (Å²) in [5.74, 6) is -1.20. The molecular formula is C7H4ClNO4S. The Bertz CT molecular complexity index is 517. The van der Waals surface area contributed by atoms with Gasteiger partial charge in [-0.1, -0.05) is 0 Å². The molecule has 5 nitrogen and oxygen atoms in total. The van der Waals surface area contributed by atoms with Crippen molar-refractivity contribution in [3.8, 4) is 17.6 Å². The number of rotatable bonds is 1. The third-order valence-corrected chi connectivity index (χ3v) is 2.81. The highest BCUT2D eigenvalue weighted by molar-refractivity contribution is 8.13. The van der Waals surface area contributed by atoms with Crippen molar-refractivity contribution in [1.29, 1.82) is 5.26 Å². The van der Waals surface area contributed by atoms with Crippen molar-refractivity contribution in [2.24, 2.45) is 0 Å². The van der Waals surface area contributed by atoms with Crippen molar-refractivity contribution < 1.29 is 18.6 Å². The summed E-state index contributed by atoms with van der Waals surface area (Å²) in [6.45, 7) is 0. The summed E-state index contributed by atoms with van der Waals surface area (Å²) in [4.78, 5) is -0.603. The fourth-order valence-electron chi connectivity index (χ4n) is 0.842. The summed E-state index contributed by atoms with van der Waals surface area (Å²) in [7, 11) is 0.843. The molecule has 0 aromatic heterocycles. The Kier molecular flexibility index (Phi) is 2.55. The summed E-state index contributed by atoms with van der Waals surface area (Å²) in [5.41, 5.74) is -0.276. The van der Waals surface area contributed by atoms with Gasteiger partial charge in [-0.2, -0.15) is 5.26 Å². The smallest absolute Gasteiger partial charge is 0.265 e. The highest BCUT2D eigenvalue weighted by atomic mass is 35.7. The van der Waals surface area contributed by atoms with Gasteiger partial charge in [0.25, 0.3) is 9.05 Å². The highest BCUT2D eigenvalue weighted by Gasteiger charge is 2.18. The van der Waals surface area contributed by atoms with Crippen LogP contribution in [-0.2, 0) is 9.05 Å². The fourth-order valence-corrected chi connectivity index (χ4v) is 1.78. The van der Waals surface area contributed by atoms with E-state index in [0.29, 0.717) is 0 Å². The summed E-state index contributed by atoms with van der Waals surface area (Å²) >= 11 is 0. The maximum atomic E-state index is 10.8. The molecule has 0 heterocycles. The molecule has 0 saturated heterocycles. The molecule has 1 aromatic rings. The number of aromatic hydroxyl groups is 2. The monoisotopic (exact) mass is 233 g/mol. The van der Waals surface area contributed by atoms with E-state index in [1.807, 2.05) is 0 Å². The molecular weight excluding hydrogens is 230 g/mol. The molecule has 0 unspecified atom stereocenters. The maximum Gasteiger partial charge on any atom is 0.265 e. The lowest BCUT2D eigenvalue weighted by molar-refractivity contribution is 0.439. The first-order chi connectivity index (χ1) is 6.36. The van der Waals surface area contributed by atoms with E-state index in [9.17, 15) is 8.42 Å². The molecule has 0 aliphatic heterocycles. The van der Waals surface area contributed by atoms with Gasteiger partial charge in [-0.3, -0.25) is 0 Å². The molecule has 0 fully saturated rings. The Morgan fingerprint density at radius 2 is 1.86 bits per heavy atom. The van der Waals surface area contributed by atoms with Crippen molar-refractivity contribution in [2.45, 2.75) is 4.90 Å². The molecule has 0 amide bonds. The lowest BCUT2D eigenvalue weighted by atomic mass is 10.2.